The number of nitro groups is 1. The number of halogens is 1. The van der Waals surface area contributed by atoms with Gasteiger partial charge < -0.3 is 0 Å². The third-order valence-electron chi connectivity index (χ3n) is 3.28. The Labute approximate surface area is 145 Å². The Kier molecular flexibility index (Phi) is 4.41. The predicted molar refractivity (Wildman–Crippen MR) is 95.1 cm³/mol. The van der Waals surface area contributed by atoms with Gasteiger partial charge in [-0.1, -0.05) is 42.2 Å². The van der Waals surface area contributed by atoms with Crippen LogP contribution in [0.15, 0.2) is 53.4 Å². The predicted octanol–water partition coefficient (Wildman–Crippen LogP) is 4.14. The van der Waals surface area contributed by atoms with Gasteiger partial charge in [0.2, 0.25) is 0 Å². The van der Waals surface area contributed by atoms with E-state index in [0.717, 1.165) is 11.8 Å². The average Bonchev–Trinajstić information content (AvgIpc) is 2.81. The summed E-state index contributed by atoms with van der Waals surface area (Å²) in [6.07, 6.45) is 1.43. The highest BCUT2D eigenvalue weighted by atomic mass is 32.2. The van der Waals surface area contributed by atoms with Crippen LogP contribution in [0.3, 0.4) is 0 Å². The van der Waals surface area contributed by atoms with Crippen molar-refractivity contribution in [1.82, 2.24) is 0 Å². The molecule has 1 aliphatic rings. The van der Waals surface area contributed by atoms with Gasteiger partial charge in [0, 0.05) is 6.07 Å². The van der Waals surface area contributed by atoms with Crippen molar-refractivity contribution >= 4 is 51.7 Å². The molecule has 0 spiro atoms. The molecular weight excluding hydrogens is 351 g/mol. The van der Waals surface area contributed by atoms with Crippen LogP contribution in [0.1, 0.15) is 5.56 Å². The van der Waals surface area contributed by atoms with E-state index in [9.17, 15) is 19.3 Å². The molecule has 0 bridgehead atoms. The Hall–Kier alpha value is -2.58. The minimum absolute atomic E-state index is 0.103. The normalized spacial score (nSPS) is 16.0. The quantitative estimate of drug-likeness (QED) is 0.356. The fourth-order valence-electron chi connectivity index (χ4n) is 2.22. The minimum atomic E-state index is -0.515. The van der Waals surface area contributed by atoms with Crippen molar-refractivity contribution in [2.24, 2.45) is 0 Å². The summed E-state index contributed by atoms with van der Waals surface area (Å²) in [5, 5.41) is 11.1. The molecule has 0 aromatic heterocycles. The fourth-order valence-corrected chi connectivity index (χ4v) is 3.51. The second kappa shape index (κ2) is 6.50. The SMILES string of the molecule is O=C1/C(=C/c2ccccc2[N+](=O)[O-])SC(=S)N1c1cccc(F)c1. The Morgan fingerprint density at radius 3 is 2.67 bits per heavy atom. The van der Waals surface area contributed by atoms with Crippen LogP contribution in [0.25, 0.3) is 6.08 Å². The first kappa shape index (κ1) is 16.3. The van der Waals surface area contributed by atoms with Crippen molar-refractivity contribution in [1.29, 1.82) is 0 Å². The number of hydrogen-bond donors (Lipinski definition) is 0. The number of anilines is 1. The molecule has 1 saturated heterocycles. The Morgan fingerprint density at radius 2 is 1.96 bits per heavy atom. The Bertz CT molecular complexity index is 898. The van der Waals surface area contributed by atoms with Crippen molar-refractivity contribution in [3.8, 4) is 0 Å². The lowest BCUT2D eigenvalue weighted by Gasteiger charge is -2.14. The number of rotatable bonds is 3. The van der Waals surface area contributed by atoms with Gasteiger partial charge in [-0.3, -0.25) is 19.8 Å². The maximum absolute atomic E-state index is 13.4. The van der Waals surface area contributed by atoms with Gasteiger partial charge in [0.15, 0.2) is 4.32 Å². The highest BCUT2D eigenvalue weighted by Gasteiger charge is 2.33. The van der Waals surface area contributed by atoms with Crippen LogP contribution >= 0.6 is 24.0 Å². The number of hydrogen-bond acceptors (Lipinski definition) is 5. The lowest BCUT2D eigenvalue weighted by Crippen LogP contribution is -2.27. The molecule has 1 fully saturated rings. The van der Waals surface area contributed by atoms with Crippen LogP contribution in [-0.2, 0) is 4.79 Å². The molecule has 0 radical (unpaired) electrons. The molecule has 0 atom stereocenters. The molecular formula is C16H9FN2O3S2. The van der Waals surface area contributed by atoms with E-state index in [4.69, 9.17) is 12.2 Å². The zero-order valence-corrected chi connectivity index (χ0v) is 13.6. The van der Waals surface area contributed by atoms with Crippen LogP contribution in [0.5, 0.6) is 0 Å². The van der Waals surface area contributed by atoms with Gasteiger partial charge in [0.05, 0.1) is 21.1 Å². The molecule has 0 unspecified atom stereocenters. The van der Waals surface area contributed by atoms with Crippen molar-refractivity contribution in [3.63, 3.8) is 0 Å². The van der Waals surface area contributed by atoms with Crippen LogP contribution < -0.4 is 4.90 Å². The third-order valence-corrected chi connectivity index (χ3v) is 4.58. The zero-order valence-electron chi connectivity index (χ0n) is 12.0. The molecule has 5 nitrogen and oxygen atoms in total. The monoisotopic (exact) mass is 360 g/mol. The smallest absolute Gasteiger partial charge is 0.268 e. The first-order chi connectivity index (χ1) is 11.5. The minimum Gasteiger partial charge on any atom is -0.268 e. The summed E-state index contributed by atoms with van der Waals surface area (Å²) in [5.41, 5.74) is 0.527. The molecule has 1 heterocycles. The molecule has 1 aliphatic heterocycles. The third kappa shape index (κ3) is 3.06. The lowest BCUT2D eigenvalue weighted by molar-refractivity contribution is -0.385. The summed E-state index contributed by atoms with van der Waals surface area (Å²) in [4.78, 5) is 24.6. The van der Waals surface area contributed by atoms with Crippen LogP contribution in [0.4, 0.5) is 15.8 Å². The van der Waals surface area contributed by atoms with E-state index < -0.39 is 16.6 Å². The number of para-hydroxylation sites is 1. The average molecular weight is 360 g/mol. The van der Waals surface area contributed by atoms with Gasteiger partial charge in [0.1, 0.15) is 5.82 Å². The highest BCUT2D eigenvalue weighted by molar-refractivity contribution is 8.27. The number of carbonyl (C=O) groups excluding carboxylic acids is 1. The second-order valence-electron chi connectivity index (χ2n) is 4.81. The summed E-state index contributed by atoms with van der Waals surface area (Å²) >= 11 is 6.21. The summed E-state index contributed by atoms with van der Waals surface area (Å²) in [7, 11) is 0. The number of amides is 1. The Balaban J connectivity index is 1.99. The largest absolute Gasteiger partial charge is 0.276 e. The van der Waals surface area contributed by atoms with Crippen molar-refractivity contribution in [2.45, 2.75) is 0 Å². The number of nitro benzene ring substituents is 1. The molecule has 3 rings (SSSR count). The number of benzene rings is 2. The van der Waals surface area contributed by atoms with E-state index >= 15 is 0 Å². The van der Waals surface area contributed by atoms with E-state index in [0.29, 0.717) is 11.3 Å². The van der Waals surface area contributed by atoms with E-state index in [1.165, 1.54) is 35.2 Å². The maximum atomic E-state index is 13.4. The summed E-state index contributed by atoms with van der Waals surface area (Å²) < 4.78 is 13.6. The first-order valence-corrected chi connectivity index (χ1v) is 7.97. The van der Waals surface area contributed by atoms with Gasteiger partial charge >= 0.3 is 0 Å². The molecule has 0 aliphatic carbocycles. The standard InChI is InChI=1S/C16H9FN2O3S2/c17-11-5-3-6-12(9-11)18-15(20)14(24-16(18)23)8-10-4-1-2-7-13(10)19(21)22/h1-9H/b14-8-. The number of thioether (sulfide) groups is 1. The van der Waals surface area contributed by atoms with Gasteiger partial charge in [-0.2, -0.15) is 0 Å². The number of carbonyl (C=O) groups is 1. The van der Waals surface area contributed by atoms with E-state index in [1.807, 2.05) is 0 Å². The van der Waals surface area contributed by atoms with Gasteiger partial charge in [0.25, 0.3) is 11.6 Å². The number of thiocarbonyl (C=S) groups is 1. The molecule has 0 N–H and O–H groups in total. The molecule has 0 saturated carbocycles. The zero-order chi connectivity index (χ0) is 17.3. The van der Waals surface area contributed by atoms with Crippen LogP contribution in [-0.4, -0.2) is 15.2 Å². The van der Waals surface area contributed by atoms with E-state index in [1.54, 1.807) is 24.3 Å². The molecule has 120 valence electrons. The second-order valence-corrected chi connectivity index (χ2v) is 6.49. The van der Waals surface area contributed by atoms with Gasteiger partial charge in [-0.15, -0.1) is 0 Å². The molecule has 2 aromatic carbocycles. The van der Waals surface area contributed by atoms with Crippen LogP contribution in [0, 0.1) is 15.9 Å². The van der Waals surface area contributed by atoms with Crippen molar-refractivity contribution < 1.29 is 14.1 Å². The van der Waals surface area contributed by atoms with Crippen molar-refractivity contribution in [2.75, 3.05) is 4.90 Å². The van der Waals surface area contributed by atoms with Crippen LogP contribution in [0.2, 0.25) is 0 Å². The van der Waals surface area contributed by atoms with Gasteiger partial charge in [-0.05, 0) is 30.3 Å². The molecule has 8 heteroatoms. The summed E-state index contributed by atoms with van der Waals surface area (Å²) in [6, 6.07) is 11.6. The summed E-state index contributed by atoms with van der Waals surface area (Å²) in [5.74, 6) is -0.919. The van der Waals surface area contributed by atoms with E-state index in [2.05, 4.69) is 0 Å². The van der Waals surface area contributed by atoms with Gasteiger partial charge in [-0.25, -0.2) is 4.39 Å². The fraction of sp³-hybridized carbons (Fsp3) is 0. The highest BCUT2D eigenvalue weighted by Crippen LogP contribution is 2.37. The number of nitrogens with zero attached hydrogens (tertiary/aromatic N) is 2. The van der Waals surface area contributed by atoms with E-state index in [-0.39, 0.29) is 14.9 Å². The maximum Gasteiger partial charge on any atom is 0.276 e. The summed E-state index contributed by atoms with van der Waals surface area (Å²) in [6.45, 7) is 0. The first-order valence-electron chi connectivity index (χ1n) is 6.74. The topological polar surface area (TPSA) is 63.4 Å². The molecule has 24 heavy (non-hydrogen) atoms. The lowest BCUT2D eigenvalue weighted by atomic mass is 10.1. The van der Waals surface area contributed by atoms with Crippen molar-refractivity contribution in [3.05, 3.63) is 74.9 Å². The molecule has 2 aromatic rings. The molecule has 1 amide bonds. The Morgan fingerprint density at radius 1 is 1.21 bits per heavy atom.